The van der Waals surface area contributed by atoms with Crippen molar-refractivity contribution >= 4 is 17.5 Å². The lowest BCUT2D eigenvalue weighted by atomic mass is 10.2. The number of nitrogens with one attached hydrogen (secondary N) is 1. The molecule has 1 N–H and O–H groups in total. The molecule has 0 bridgehead atoms. The van der Waals surface area contributed by atoms with Crippen LogP contribution in [-0.2, 0) is 9.53 Å². The topological polar surface area (TPSA) is 47.6 Å². The summed E-state index contributed by atoms with van der Waals surface area (Å²) >= 11 is 6.05. The van der Waals surface area contributed by atoms with Crippen molar-refractivity contribution in [1.29, 1.82) is 0 Å². The van der Waals surface area contributed by atoms with Gasteiger partial charge in [0.1, 0.15) is 5.75 Å². The molecule has 0 aromatic heterocycles. The van der Waals surface area contributed by atoms with Crippen LogP contribution in [0.5, 0.6) is 5.75 Å². The third kappa shape index (κ3) is 4.12. The number of carbonyl (C=O) groups excluding carboxylic acids is 1. The van der Waals surface area contributed by atoms with Crippen LogP contribution in [-0.4, -0.2) is 31.3 Å². The number of halogens is 1. The summed E-state index contributed by atoms with van der Waals surface area (Å²) in [6, 6.07) is 5.49. The summed E-state index contributed by atoms with van der Waals surface area (Å²) in [5.41, 5.74) is 1.04. The van der Waals surface area contributed by atoms with Crippen molar-refractivity contribution in [2.75, 3.05) is 13.2 Å². The van der Waals surface area contributed by atoms with Gasteiger partial charge in [0.2, 0.25) is 0 Å². The second-order valence-electron chi connectivity index (χ2n) is 5.07. The van der Waals surface area contributed by atoms with E-state index < -0.39 is 6.10 Å². The first-order valence-electron chi connectivity index (χ1n) is 6.88. The summed E-state index contributed by atoms with van der Waals surface area (Å²) in [4.78, 5) is 12.0. The number of aryl methyl sites for hydroxylation is 1. The van der Waals surface area contributed by atoms with Crippen molar-refractivity contribution in [1.82, 2.24) is 5.32 Å². The molecule has 0 saturated carbocycles. The summed E-state index contributed by atoms with van der Waals surface area (Å²) in [5.74, 6) is 0.379. The fourth-order valence-electron chi connectivity index (χ4n) is 2.11. The maximum absolute atomic E-state index is 12.0. The van der Waals surface area contributed by atoms with Crippen molar-refractivity contribution in [3.8, 4) is 5.75 Å². The third-order valence-electron chi connectivity index (χ3n) is 3.29. The number of rotatable bonds is 5. The lowest BCUT2D eigenvalue weighted by Crippen LogP contribution is -2.40. The summed E-state index contributed by atoms with van der Waals surface area (Å²) < 4.78 is 11.1. The van der Waals surface area contributed by atoms with Gasteiger partial charge in [-0.1, -0.05) is 17.7 Å². The highest BCUT2D eigenvalue weighted by Crippen LogP contribution is 2.26. The molecule has 0 spiro atoms. The normalized spacial score (nSPS) is 19.6. The van der Waals surface area contributed by atoms with Gasteiger partial charge in [-0.3, -0.25) is 4.79 Å². The zero-order chi connectivity index (χ0) is 14.5. The van der Waals surface area contributed by atoms with Gasteiger partial charge >= 0.3 is 0 Å². The second kappa shape index (κ2) is 6.95. The Balaban J connectivity index is 1.85. The first-order chi connectivity index (χ1) is 9.56. The Morgan fingerprint density at radius 1 is 1.60 bits per heavy atom. The van der Waals surface area contributed by atoms with E-state index in [0.29, 0.717) is 17.3 Å². The van der Waals surface area contributed by atoms with E-state index in [1.54, 1.807) is 13.0 Å². The largest absolute Gasteiger partial charge is 0.479 e. The number of hydrogen-bond donors (Lipinski definition) is 1. The average molecular weight is 298 g/mol. The molecule has 0 aliphatic carbocycles. The van der Waals surface area contributed by atoms with E-state index in [1.165, 1.54) is 0 Å². The maximum Gasteiger partial charge on any atom is 0.260 e. The van der Waals surface area contributed by atoms with Crippen molar-refractivity contribution in [3.05, 3.63) is 28.8 Å². The molecule has 0 unspecified atom stereocenters. The summed E-state index contributed by atoms with van der Waals surface area (Å²) in [7, 11) is 0. The highest BCUT2D eigenvalue weighted by molar-refractivity contribution is 6.32. The Morgan fingerprint density at radius 2 is 2.40 bits per heavy atom. The van der Waals surface area contributed by atoms with Gasteiger partial charge in [0, 0.05) is 13.2 Å². The molecular formula is C15H20ClNO3. The molecule has 1 heterocycles. The Labute approximate surface area is 124 Å². The zero-order valence-electron chi connectivity index (χ0n) is 11.8. The number of amides is 1. The van der Waals surface area contributed by atoms with Gasteiger partial charge in [0.05, 0.1) is 11.1 Å². The summed E-state index contributed by atoms with van der Waals surface area (Å²) in [6.45, 7) is 4.98. The smallest absolute Gasteiger partial charge is 0.260 e. The monoisotopic (exact) mass is 297 g/mol. The molecule has 1 aliphatic heterocycles. The van der Waals surface area contributed by atoms with E-state index in [4.69, 9.17) is 21.1 Å². The minimum Gasteiger partial charge on any atom is -0.479 e. The second-order valence-corrected chi connectivity index (χ2v) is 5.48. The van der Waals surface area contributed by atoms with Crippen molar-refractivity contribution in [3.63, 3.8) is 0 Å². The molecular weight excluding hydrogens is 278 g/mol. The van der Waals surface area contributed by atoms with E-state index in [2.05, 4.69) is 5.32 Å². The highest BCUT2D eigenvalue weighted by atomic mass is 35.5. The van der Waals surface area contributed by atoms with Crippen LogP contribution < -0.4 is 10.1 Å². The summed E-state index contributed by atoms with van der Waals surface area (Å²) in [5, 5.41) is 3.36. The molecule has 4 nitrogen and oxygen atoms in total. The SMILES string of the molecule is Cc1ccc(Cl)c(O[C@H](C)C(=O)NC[C@@H]2CCCO2)c1. The van der Waals surface area contributed by atoms with Crippen LogP contribution in [0.4, 0.5) is 0 Å². The van der Waals surface area contributed by atoms with Crippen LogP contribution in [0.1, 0.15) is 25.3 Å². The first-order valence-corrected chi connectivity index (χ1v) is 7.26. The van der Waals surface area contributed by atoms with Gasteiger partial charge in [-0.05, 0) is 44.4 Å². The number of hydrogen-bond acceptors (Lipinski definition) is 3. The molecule has 0 radical (unpaired) electrons. The van der Waals surface area contributed by atoms with E-state index in [9.17, 15) is 4.79 Å². The van der Waals surface area contributed by atoms with Crippen molar-refractivity contribution in [2.45, 2.75) is 38.9 Å². The van der Waals surface area contributed by atoms with Gasteiger partial charge in [-0.25, -0.2) is 0 Å². The summed E-state index contributed by atoms with van der Waals surface area (Å²) in [6.07, 6.45) is 1.61. The molecule has 1 saturated heterocycles. The molecule has 1 aliphatic rings. The van der Waals surface area contributed by atoms with Crippen LogP contribution in [0.25, 0.3) is 0 Å². The van der Waals surface area contributed by atoms with Gasteiger partial charge < -0.3 is 14.8 Å². The molecule has 1 amide bonds. The van der Waals surface area contributed by atoms with Crippen LogP contribution in [0, 0.1) is 6.92 Å². The van der Waals surface area contributed by atoms with E-state index in [-0.39, 0.29) is 12.0 Å². The van der Waals surface area contributed by atoms with Crippen LogP contribution in [0.15, 0.2) is 18.2 Å². The predicted molar refractivity (Wildman–Crippen MR) is 78.3 cm³/mol. The Morgan fingerprint density at radius 3 is 3.10 bits per heavy atom. The predicted octanol–water partition coefficient (Wildman–Crippen LogP) is 2.71. The number of ether oxygens (including phenoxy) is 2. The fraction of sp³-hybridized carbons (Fsp3) is 0.533. The molecule has 5 heteroatoms. The molecule has 2 rings (SSSR count). The van der Waals surface area contributed by atoms with Crippen LogP contribution >= 0.6 is 11.6 Å². The lowest BCUT2D eigenvalue weighted by molar-refractivity contribution is -0.127. The number of benzene rings is 1. The van der Waals surface area contributed by atoms with Crippen LogP contribution in [0.2, 0.25) is 5.02 Å². The quantitative estimate of drug-likeness (QED) is 0.909. The van der Waals surface area contributed by atoms with Crippen molar-refractivity contribution < 1.29 is 14.3 Å². The van der Waals surface area contributed by atoms with E-state index >= 15 is 0 Å². The van der Waals surface area contributed by atoms with Gasteiger partial charge in [0.25, 0.3) is 5.91 Å². The average Bonchev–Trinajstić information content (AvgIpc) is 2.93. The third-order valence-corrected chi connectivity index (χ3v) is 3.60. The standard InChI is InChI=1S/C15H20ClNO3/c1-10-5-6-13(16)14(8-10)20-11(2)15(18)17-9-12-4-3-7-19-12/h5-6,8,11-12H,3-4,7,9H2,1-2H3,(H,17,18)/t11-,12+/m1/s1. The van der Waals surface area contributed by atoms with Crippen LogP contribution in [0.3, 0.4) is 0 Å². The van der Waals surface area contributed by atoms with Crippen molar-refractivity contribution in [2.24, 2.45) is 0 Å². The maximum atomic E-state index is 12.0. The molecule has 1 aromatic rings. The molecule has 1 fully saturated rings. The lowest BCUT2D eigenvalue weighted by Gasteiger charge is -2.17. The van der Waals surface area contributed by atoms with Gasteiger partial charge in [-0.15, -0.1) is 0 Å². The Hall–Kier alpha value is -1.26. The van der Waals surface area contributed by atoms with E-state index in [0.717, 1.165) is 25.0 Å². The van der Waals surface area contributed by atoms with Gasteiger partial charge in [0.15, 0.2) is 6.10 Å². The molecule has 1 aromatic carbocycles. The fourth-order valence-corrected chi connectivity index (χ4v) is 2.27. The Kier molecular flexibility index (Phi) is 5.26. The molecule has 110 valence electrons. The zero-order valence-corrected chi connectivity index (χ0v) is 12.6. The molecule has 20 heavy (non-hydrogen) atoms. The minimum absolute atomic E-state index is 0.133. The first kappa shape index (κ1) is 15.1. The van der Waals surface area contributed by atoms with E-state index in [1.807, 2.05) is 19.1 Å². The number of carbonyl (C=O) groups is 1. The Bertz CT molecular complexity index is 472. The minimum atomic E-state index is -0.587. The molecule has 2 atom stereocenters. The van der Waals surface area contributed by atoms with Gasteiger partial charge in [-0.2, -0.15) is 0 Å². The highest BCUT2D eigenvalue weighted by Gasteiger charge is 2.20.